The summed E-state index contributed by atoms with van der Waals surface area (Å²) in [5, 5.41) is 0. The van der Waals surface area contributed by atoms with E-state index in [1.54, 1.807) is 0 Å². The van der Waals surface area contributed by atoms with Crippen molar-refractivity contribution in [2.24, 2.45) is 0 Å². The van der Waals surface area contributed by atoms with Crippen molar-refractivity contribution in [2.45, 2.75) is 65.2 Å². The molecular formula is C16H32O6S2. The summed E-state index contributed by atoms with van der Waals surface area (Å²) in [7, 11) is -7.01. The second kappa shape index (κ2) is 13.8. The SMILES string of the molecule is CCCCCCS(=O)(=O)OCC=CCOS(=O)(=O)CCCCCC. The predicted molar refractivity (Wildman–Crippen MR) is 96.9 cm³/mol. The van der Waals surface area contributed by atoms with Crippen LogP contribution in [0.15, 0.2) is 12.2 Å². The molecule has 0 amide bonds. The quantitative estimate of drug-likeness (QED) is 0.230. The molecule has 8 heteroatoms. The summed E-state index contributed by atoms with van der Waals surface area (Å²) >= 11 is 0. The Balaban J connectivity index is 3.84. The lowest BCUT2D eigenvalue weighted by atomic mass is 10.2. The topological polar surface area (TPSA) is 86.7 Å². The minimum absolute atomic E-state index is 0.0173. The second-order valence-corrected chi connectivity index (χ2v) is 9.20. The van der Waals surface area contributed by atoms with E-state index in [2.05, 4.69) is 13.8 Å². The minimum atomic E-state index is -3.51. The molecule has 0 spiro atoms. The van der Waals surface area contributed by atoms with Crippen molar-refractivity contribution in [1.29, 1.82) is 0 Å². The molecule has 0 atom stereocenters. The zero-order chi connectivity index (χ0) is 18.3. The largest absolute Gasteiger partial charge is 0.267 e. The molecule has 0 aliphatic carbocycles. The van der Waals surface area contributed by atoms with E-state index in [0.717, 1.165) is 38.5 Å². The van der Waals surface area contributed by atoms with Crippen LogP contribution in [0.3, 0.4) is 0 Å². The fourth-order valence-electron chi connectivity index (χ4n) is 1.95. The van der Waals surface area contributed by atoms with Crippen molar-refractivity contribution < 1.29 is 25.2 Å². The van der Waals surface area contributed by atoms with Crippen molar-refractivity contribution >= 4 is 20.2 Å². The van der Waals surface area contributed by atoms with Crippen molar-refractivity contribution in [3.63, 3.8) is 0 Å². The van der Waals surface area contributed by atoms with E-state index in [-0.39, 0.29) is 24.7 Å². The van der Waals surface area contributed by atoms with Crippen LogP contribution in [0.1, 0.15) is 65.2 Å². The van der Waals surface area contributed by atoms with Gasteiger partial charge in [0.2, 0.25) is 0 Å². The van der Waals surface area contributed by atoms with E-state index < -0.39 is 20.2 Å². The molecule has 0 aliphatic rings. The van der Waals surface area contributed by atoms with E-state index >= 15 is 0 Å². The zero-order valence-corrected chi connectivity index (χ0v) is 16.5. The van der Waals surface area contributed by atoms with E-state index in [1.807, 2.05) is 0 Å². The first-order valence-electron chi connectivity index (χ1n) is 8.72. The van der Waals surface area contributed by atoms with Gasteiger partial charge in [-0.3, -0.25) is 8.37 Å². The number of rotatable bonds is 16. The van der Waals surface area contributed by atoms with E-state index in [9.17, 15) is 16.8 Å². The highest BCUT2D eigenvalue weighted by Crippen LogP contribution is 2.05. The van der Waals surface area contributed by atoms with Crippen LogP contribution in [-0.2, 0) is 28.6 Å². The zero-order valence-electron chi connectivity index (χ0n) is 14.9. The Morgan fingerprint density at radius 2 is 1.00 bits per heavy atom. The average Bonchev–Trinajstić information content (AvgIpc) is 2.51. The van der Waals surface area contributed by atoms with Crippen LogP contribution in [0.25, 0.3) is 0 Å². The van der Waals surface area contributed by atoms with E-state index in [1.165, 1.54) is 12.2 Å². The summed E-state index contributed by atoms with van der Waals surface area (Å²) in [6.07, 6.45) is 9.97. The standard InChI is InChI=1S/C16H32O6S2/c1-3-5-7-11-15-23(17,18)21-13-9-10-14-22-24(19,20)16-12-8-6-4-2/h9-10H,3-8,11-16H2,1-2H3. The second-order valence-electron chi connectivity index (χ2n) is 5.69. The minimum Gasteiger partial charge on any atom is -0.266 e. The molecule has 0 saturated heterocycles. The first-order valence-corrected chi connectivity index (χ1v) is 11.9. The number of hydrogen-bond donors (Lipinski definition) is 0. The maximum atomic E-state index is 11.6. The molecule has 0 aromatic heterocycles. The normalized spacial score (nSPS) is 12.9. The smallest absolute Gasteiger partial charge is 0.266 e. The molecule has 0 rings (SSSR count). The van der Waals surface area contributed by atoms with Gasteiger partial charge in [-0.1, -0.05) is 64.5 Å². The van der Waals surface area contributed by atoms with Crippen molar-refractivity contribution in [2.75, 3.05) is 24.7 Å². The molecule has 24 heavy (non-hydrogen) atoms. The molecule has 6 nitrogen and oxygen atoms in total. The van der Waals surface area contributed by atoms with Gasteiger partial charge in [-0.25, -0.2) is 0 Å². The van der Waals surface area contributed by atoms with Gasteiger partial charge in [0.15, 0.2) is 0 Å². The van der Waals surface area contributed by atoms with Crippen LogP contribution >= 0.6 is 0 Å². The summed E-state index contributed by atoms with van der Waals surface area (Å²) in [4.78, 5) is 0. The number of unbranched alkanes of at least 4 members (excludes halogenated alkanes) is 6. The average molecular weight is 385 g/mol. The summed E-state index contributed by atoms with van der Waals surface area (Å²) in [6.45, 7) is 3.92. The predicted octanol–water partition coefficient (Wildman–Crippen LogP) is 3.40. The van der Waals surface area contributed by atoms with Crippen LogP contribution in [0.2, 0.25) is 0 Å². The van der Waals surface area contributed by atoms with Gasteiger partial charge in [-0.05, 0) is 12.8 Å². The molecule has 0 aliphatic heterocycles. The van der Waals surface area contributed by atoms with Gasteiger partial charge in [0.25, 0.3) is 20.2 Å². The molecular weight excluding hydrogens is 352 g/mol. The van der Waals surface area contributed by atoms with Crippen LogP contribution in [-0.4, -0.2) is 41.6 Å². The first-order chi connectivity index (χ1) is 11.3. The third-order valence-electron chi connectivity index (χ3n) is 3.35. The molecule has 0 aromatic rings. The third-order valence-corrected chi connectivity index (χ3v) is 5.92. The molecule has 0 saturated carbocycles. The van der Waals surface area contributed by atoms with Gasteiger partial charge < -0.3 is 0 Å². The van der Waals surface area contributed by atoms with Gasteiger partial charge in [0, 0.05) is 0 Å². The molecule has 0 fully saturated rings. The van der Waals surface area contributed by atoms with Crippen LogP contribution in [0, 0.1) is 0 Å². The Morgan fingerprint density at radius 3 is 1.33 bits per heavy atom. The lowest BCUT2D eigenvalue weighted by Gasteiger charge is -2.04. The van der Waals surface area contributed by atoms with Crippen molar-refractivity contribution in [1.82, 2.24) is 0 Å². The van der Waals surface area contributed by atoms with Gasteiger partial charge >= 0.3 is 0 Å². The van der Waals surface area contributed by atoms with Crippen molar-refractivity contribution in [3.05, 3.63) is 12.2 Å². The summed E-state index contributed by atoms with van der Waals surface area (Å²) in [6, 6.07) is 0. The number of hydrogen-bond acceptors (Lipinski definition) is 6. The summed E-state index contributed by atoms with van der Waals surface area (Å²) in [5.41, 5.74) is 0. The van der Waals surface area contributed by atoms with E-state index in [4.69, 9.17) is 8.37 Å². The van der Waals surface area contributed by atoms with Crippen LogP contribution in [0.4, 0.5) is 0 Å². The Morgan fingerprint density at radius 1 is 0.625 bits per heavy atom. The Bertz CT molecular complexity index is 475. The molecule has 144 valence electrons. The molecule has 0 heterocycles. The first kappa shape index (κ1) is 23.6. The summed E-state index contributed by atoms with van der Waals surface area (Å²) < 4.78 is 55.9. The van der Waals surface area contributed by atoms with Crippen molar-refractivity contribution in [3.8, 4) is 0 Å². The maximum absolute atomic E-state index is 11.6. The fraction of sp³-hybridized carbons (Fsp3) is 0.875. The monoisotopic (exact) mass is 384 g/mol. The fourth-order valence-corrected chi connectivity index (χ4v) is 3.87. The lowest BCUT2D eigenvalue weighted by Crippen LogP contribution is -2.12. The summed E-state index contributed by atoms with van der Waals surface area (Å²) in [5.74, 6) is 0.0347. The van der Waals surface area contributed by atoms with Gasteiger partial charge in [-0.2, -0.15) is 16.8 Å². The Kier molecular flexibility index (Phi) is 13.6. The molecule has 0 bridgehead atoms. The highest BCUT2D eigenvalue weighted by Gasteiger charge is 2.10. The molecule has 0 radical (unpaired) electrons. The third kappa shape index (κ3) is 15.1. The van der Waals surface area contributed by atoms with Gasteiger partial charge in [0.1, 0.15) is 0 Å². The lowest BCUT2D eigenvalue weighted by molar-refractivity contribution is 0.344. The Labute approximate surface area is 147 Å². The molecule has 0 N–H and O–H groups in total. The van der Waals surface area contributed by atoms with Crippen LogP contribution < -0.4 is 0 Å². The maximum Gasteiger partial charge on any atom is 0.267 e. The van der Waals surface area contributed by atoms with Crippen LogP contribution in [0.5, 0.6) is 0 Å². The highest BCUT2D eigenvalue weighted by molar-refractivity contribution is 7.86. The van der Waals surface area contributed by atoms with Gasteiger partial charge in [0.05, 0.1) is 24.7 Å². The highest BCUT2D eigenvalue weighted by atomic mass is 32.2. The van der Waals surface area contributed by atoms with Gasteiger partial charge in [-0.15, -0.1) is 0 Å². The molecule has 0 aromatic carbocycles. The molecule has 0 unspecified atom stereocenters. The Hall–Kier alpha value is -0.440. The van der Waals surface area contributed by atoms with E-state index in [0.29, 0.717) is 12.8 Å².